The molecule has 3 N–H and O–H groups in total. The number of aromatic nitrogens is 1. The number of carbonyl (C=O) groups excluding carboxylic acids is 1. The lowest BCUT2D eigenvalue weighted by atomic mass is 9.89. The second kappa shape index (κ2) is 6.05. The van der Waals surface area contributed by atoms with Gasteiger partial charge in [-0.3, -0.25) is 4.79 Å². The number of nitrogens with two attached hydrogens (primary N) is 1. The lowest BCUT2D eigenvalue weighted by molar-refractivity contribution is 0.0888. The average Bonchev–Trinajstić information content (AvgIpc) is 2.38. The van der Waals surface area contributed by atoms with Crippen molar-refractivity contribution in [2.45, 2.75) is 45.6 Å². The highest BCUT2D eigenvalue weighted by Gasteiger charge is 2.27. The molecule has 0 unspecified atom stereocenters. The van der Waals surface area contributed by atoms with Crippen LogP contribution in [0.25, 0.3) is 0 Å². The summed E-state index contributed by atoms with van der Waals surface area (Å²) in [6.07, 6.45) is 4.04. The molecule has 5 heteroatoms. The fourth-order valence-corrected chi connectivity index (χ4v) is 2.14. The molecular weight excluding hydrogens is 250 g/mol. The first-order valence-electron chi connectivity index (χ1n) is 6.21. The van der Waals surface area contributed by atoms with Gasteiger partial charge in [-0.1, -0.05) is 32.4 Å². The van der Waals surface area contributed by atoms with E-state index in [9.17, 15) is 4.79 Å². The van der Waals surface area contributed by atoms with Crippen molar-refractivity contribution in [2.24, 2.45) is 0 Å². The maximum atomic E-state index is 12.2. The van der Waals surface area contributed by atoms with Crippen molar-refractivity contribution in [1.82, 2.24) is 10.3 Å². The molecule has 1 aromatic heterocycles. The molecule has 0 radical (unpaired) electrons. The van der Waals surface area contributed by atoms with Gasteiger partial charge in [0.15, 0.2) is 0 Å². The van der Waals surface area contributed by atoms with Crippen LogP contribution in [0.2, 0.25) is 5.02 Å². The summed E-state index contributed by atoms with van der Waals surface area (Å²) < 4.78 is 0. The largest absolute Gasteiger partial charge is 0.384 e. The molecule has 0 fully saturated rings. The summed E-state index contributed by atoms with van der Waals surface area (Å²) in [7, 11) is 0. The zero-order valence-corrected chi connectivity index (χ0v) is 11.8. The SMILES string of the molecule is CCC(CC)(CC)NC(=O)c1cc(N)ncc1Cl. The highest BCUT2D eigenvalue weighted by Crippen LogP contribution is 2.22. The minimum atomic E-state index is -0.195. The third-order valence-electron chi connectivity index (χ3n) is 3.53. The van der Waals surface area contributed by atoms with Crippen LogP contribution in [0.5, 0.6) is 0 Å². The summed E-state index contributed by atoms with van der Waals surface area (Å²) in [5.41, 5.74) is 5.77. The number of nitrogens with zero attached hydrogens (tertiary/aromatic N) is 1. The second-order valence-electron chi connectivity index (χ2n) is 4.38. The Bertz CT molecular complexity index is 422. The Labute approximate surface area is 113 Å². The predicted octanol–water partition coefficient (Wildman–Crippen LogP) is 3.02. The van der Waals surface area contributed by atoms with E-state index >= 15 is 0 Å². The van der Waals surface area contributed by atoms with Gasteiger partial charge in [-0.2, -0.15) is 0 Å². The summed E-state index contributed by atoms with van der Waals surface area (Å²) in [5, 5.41) is 3.38. The van der Waals surface area contributed by atoms with Crippen LogP contribution in [0.3, 0.4) is 0 Å². The fraction of sp³-hybridized carbons (Fsp3) is 0.538. The van der Waals surface area contributed by atoms with Crippen LogP contribution in [0.1, 0.15) is 50.4 Å². The lowest BCUT2D eigenvalue weighted by Gasteiger charge is -2.32. The number of hydrogen-bond donors (Lipinski definition) is 2. The number of rotatable bonds is 5. The zero-order chi connectivity index (χ0) is 13.8. The van der Waals surface area contributed by atoms with Gasteiger partial charge >= 0.3 is 0 Å². The number of amides is 1. The molecule has 1 heterocycles. The summed E-state index contributed by atoms with van der Waals surface area (Å²) in [5.74, 6) is 0.0966. The normalized spacial score (nSPS) is 11.3. The van der Waals surface area contributed by atoms with E-state index in [-0.39, 0.29) is 11.4 Å². The third-order valence-corrected chi connectivity index (χ3v) is 3.83. The minimum Gasteiger partial charge on any atom is -0.384 e. The minimum absolute atomic E-state index is 0.182. The van der Waals surface area contributed by atoms with Crippen LogP contribution in [-0.2, 0) is 0 Å². The van der Waals surface area contributed by atoms with Crippen molar-refractivity contribution in [2.75, 3.05) is 5.73 Å². The predicted molar refractivity (Wildman–Crippen MR) is 74.7 cm³/mol. The van der Waals surface area contributed by atoms with E-state index in [0.717, 1.165) is 19.3 Å². The van der Waals surface area contributed by atoms with E-state index in [1.807, 2.05) is 0 Å². The summed E-state index contributed by atoms with van der Waals surface area (Å²) in [6, 6.07) is 1.50. The Morgan fingerprint density at radius 3 is 2.44 bits per heavy atom. The van der Waals surface area contributed by atoms with Gasteiger partial charge in [0.2, 0.25) is 0 Å². The smallest absolute Gasteiger partial charge is 0.253 e. The Kier molecular flexibility index (Phi) is 4.96. The van der Waals surface area contributed by atoms with Crippen LogP contribution in [0, 0.1) is 0 Å². The molecule has 1 aromatic rings. The highest BCUT2D eigenvalue weighted by molar-refractivity contribution is 6.33. The number of nitrogen functional groups attached to an aromatic ring is 1. The molecule has 0 aliphatic rings. The van der Waals surface area contributed by atoms with Crippen LogP contribution in [0.15, 0.2) is 12.3 Å². The molecule has 0 saturated heterocycles. The average molecular weight is 270 g/mol. The van der Waals surface area contributed by atoms with E-state index in [4.69, 9.17) is 17.3 Å². The van der Waals surface area contributed by atoms with Gasteiger partial charge < -0.3 is 11.1 Å². The fourth-order valence-electron chi connectivity index (χ4n) is 1.95. The summed E-state index contributed by atoms with van der Waals surface area (Å²) >= 11 is 5.97. The number of carbonyl (C=O) groups is 1. The van der Waals surface area contributed by atoms with E-state index < -0.39 is 0 Å². The van der Waals surface area contributed by atoms with Crippen molar-refractivity contribution < 1.29 is 4.79 Å². The Morgan fingerprint density at radius 1 is 1.39 bits per heavy atom. The molecule has 0 aromatic carbocycles. The summed E-state index contributed by atoms with van der Waals surface area (Å²) in [6.45, 7) is 6.20. The van der Waals surface area contributed by atoms with Crippen molar-refractivity contribution in [3.8, 4) is 0 Å². The molecule has 0 bridgehead atoms. The topological polar surface area (TPSA) is 68.0 Å². The molecule has 18 heavy (non-hydrogen) atoms. The third kappa shape index (κ3) is 3.13. The van der Waals surface area contributed by atoms with Gasteiger partial charge in [0.05, 0.1) is 10.6 Å². The first-order valence-corrected chi connectivity index (χ1v) is 6.59. The quantitative estimate of drug-likeness (QED) is 0.863. The molecule has 1 amide bonds. The monoisotopic (exact) mass is 269 g/mol. The number of pyridine rings is 1. The van der Waals surface area contributed by atoms with E-state index in [1.54, 1.807) is 0 Å². The van der Waals surface area contributed by atoms with Gasteiger partial charge in [-0.25, -0.2) is 4.98 Å². The first-order chi connectivity index (χ1) is 8.48. The van der Waals surface area contributed by atoms with Gasteiger partial charge in [-0.15, -0.1) is 0 Å². The standard InChI is InChI=1S/C13H20ClN3O/c1-4-13(5-2,6-3)17-12(18)9-7-11(15)16-8-10(9)14/h7-8H,4-6H2,1-3H3,(H2,15,16)(H,17,18). The zero-order valence-electron chi connectivity index (χ0n) is 11.1. The Balaban J connectivity index is 2.97. The maximum absolute atomic E-state index is 12.2. The van der Waals surface area contributed by atoms with Gasteiger partial charge in [0.25, 0.3) is 5.91 Å². The molecular formula is C13H20ClN3O. The Morgan fingerprint density at radius 2 is 1.94 bits per heavy atom. The highest BCUT2D eigenvalue weighted by atomic mass is 35.5. The van der Waals surface area contributed by atoms with Crippen LogP contribution >= 0.6 is 11.6 Å². The van der Waals surface area contributed by atoms with Crippen molar-refractivity contribution >= 4 is 23.3 Å². The molecule has 0 aliphatic carbocycles. The van der Waals surface area contributed by atoms with Crippen LogP contribution in [-0.4, -0.2) is 16.4 Å². The van der Waals surface area contributed by atoms with Crippen molar-refractivity contribution in [1.29, 1.82) is 0 Å². The second-order valence-corrected chi connectivity index (χ2v) is 4.79. The number of hydrogen-bond acceptors (Lipinski definition) is 3. The van der Waals surface area contributed by atoms with Gasteiger partial charge in [0, 0.05) is 11.7 Å². The number of halogens is 1. The van der Waals surface area contributed by atoms with E-state index in [2.05, 4.69) is 31.1 Å². The number of anilines is 1. The maximum Gasteiger partial charge on any atom is 0.253 e. The summed E-state index contributed by atoms with van der Waals surface area (Å²) in [4.78, 5) is 16.1. The lowest BCUT2D eigenvalue weighted by Crippen LogP contribution is -2.47. The van der Waals surface area contributed by atoms with Crippen LogP contribution in [0.4, 0.5) is 5.82 Å². The van der Waals surface area contributed by atoms with Crippen molar-refractivity contribution in [3.05, 3.63) is 22.8 Å². The van der Waals surface area contributed by atoms with E-state index in [1.165, 1.54) is 12.3 Å². The molecule has 0 saturated carbocycles. The molecule has 0 spiro atoms. The first kappa shape index (κ1) is 14.8. The van der Waals surface area contributed by atoms with Gasteiger partial charge in [0.1, 0.15) is 5.82 Å². The molecule has 4 nitrogen and oxygen atoms in total. The number of nitrogens with one attached hydrogen (secondary N) is 1. The Hall–Kier alpha value is -1.29. The van der Waals surface area contributed by atoms with Crippen LogP contribution < -0.4 is 11.1 Å². The molecule has 1 rings (SSSR count). The molecule has 0 atom stereocenters. The van der Waals surface area contributed by atoms with Gasteiger partial charge in [-0.05, 0) is 25.3 Å². The molecule has 100 valence electrons. The van der Waals surface area contributed by atoms with Crippen molar-refractivity contribution in [3.63, 3.8) is 0 Å². The van der Waals surface area contributed by atoms with E-state index in [0.29, 0.717) is 16.4 Å². The molecule has 0 aliphatic heterocycles.